The van der Waals surface area contributed by atoms with E-state index in [1.165, 1.54) is 0 Å². The number of ether oxygens (including phenoxy) is 2. The summed E-state index contributed by atoms with van der Waals surface area (Å²) in [5, 5.41) is 1.68. The number of hydrazine groups is 1. The van der Waals surface area contributed by atoms with E-state index in [2.05, 4.69) is 16.5 Å². The number of nitrogen functional groups attached to an aromatic ring is 1. The third kappa shape index (κ3) is 2.67. The van der Waals surface area contributed by atoms with E-state index in [4.69, 9.17) is 15.3 Å². The van der Waals surface area contributed by atoms with Crippen LogP contribution in [0.4, 0.5) is 5.82 Å². The average Bonchev–Trinajstić information content (AvgIpc) is 2.44. The van der Waals surface area contributed by atoms with Crippen molar-refractivity contribution in [3.8, 4) is 5.75 Å². The second-order valence-corrected chi connectivity index (χ2v) is 5.96. The molecule has 0 radical (unpaired) electrons. The summed E-state index contributed by atoms with van der Waals surface area (Å²) in [4.78, 5) is 4.56. The molecule has 1 saturated heterocycles. The normalized spacial score (nSPS) is 15.1. The van der Waals surface area contributed by atoms with Gasteiger partial charge in [0, 0.05) is 22.8 Å². The lowest BCUT2D eigenvalue weighted by molar-refractivity contribution is 0.0455. The van der Waals surface area contributed by atoms with Gasteiger partial charge in [0.05, 0.1) is 31.1 Å². The number of methoxy groups -OCH3 is 1. The maximum atomic E-state index is 5.59. The van der Waals surface area contributed by atoms with Crippen LogP contribution in [0.25, 0.3) is 10.9 Å². The van der Waals surface area contributed by atoms with Crippen molar-refractivity contribution < 1.29 is 9.47 Å². The Morgan fingerprint density at radius 2 is 2.30 bits per heavy atom. The van der Waals surface area contributed by atoms with Gasteiger partial charge in [-0.05, 0) is 18.2 Å². The van der Waals surface area contributed by atoms with E-state index < -0.39 is 0 Å². The highest BCUT2D eigenvalue weighted by Gasteiger charge is 2.19. The predicted octanol–water partition coefficient (Wildman–Crippen LogP) is 2.16. The maximum Gasteiger partial charge on any atom is 0.144 e. The largest absolute Gasteiger partial charge is 0.497 e. The zero-order valence-corrected chi connectivity index (χ0v) is 12.1. The number of aromatic nitrogens is 1. The van der Waals surface area contributed by atoms with Crippen molar-refractivity contribution in [3.05, 3.63) is 29.8 Å². The summed E-state index contributed by atoms with van der Waals surface area (Å²) in [5.41, 5.74) is 4.67. The molecule has 0 atom stereocenters. The van der Waals surface area contributed by atoms with Gasteiger partial charge in [-0.15, -0.1) is 11.8 Å². The Balaban J connectivity index is 1.89. The summed E-state index contributed by atoms with van der Waals surface area (Å²) in [5.74, 6) is 7.98. The van der Waals surface area contributed by atoms with Crippen molar-refractivity contribution in [2.24, 2.45) is 5.84 Å². The van der Waals surface area contributed by atoms with Crippen molar-refractivity contribution in [1.29, 1.82) is 0 Å². The van der Waals surface area contributed by atoms with Crippen LogP contribution in [0, 0.1) is 0 Å². The van der Waals surface area contributed by atoms with Crippen molar-refractivity contribution in [1.82, 2.24) is 4.98 Å². The summed E-state index contributed by atoms with van der Waals surface area (Å²) in [6, 6.07) is 7.99. The van der Waals surface area contributed by atoms with Crippen LogP contribution in [0.15, 0.2) is 24.3 Å². The van der Waals surface area contributed by atoms with Crippen molar-refractivity contribution in [2.45, 2.75) is 11.0 Å². The van der Waals surface area contributed by atoms with Crippen LogP contribution in [0.3, 0.4) is 0 Å². The highest BCUT2D eigenvalue weighted by molar-refractivity contribution is 7.99. The van der Waals surface area contributed by atoms with Gasteiger partial charge in [-0.2, -0.15) is 0 Å². The van der Waals surface area contributed by atoms with Crippen molar-refractivity contribution >= 4 is 28.5 Å². The third-order valence-electron chi connectivity index (χ3n) is 3.32. The molecule has 2 aromatic rings. The topological polar surface area (TPSA) is 69.4 Å². The minimum absolute atomic E-state index is 0.590. The molecule has 0 aliphatic carbocycles. The van der Waals surface area contributed by atoms with Gasteiger partial charge >= 0.3 is 0 Å². The predicted molar refractivity (Wildman–Crippen MR) is 82.0 cm³/mol. The fourth-order valence-electron chi connectivity index (χ4n) is 2.07. The summed E-state index contributed by atoms with van der Waals surface area (Å²) >= 11 is 1.88. The number of rotatable bonds is 5. The standard InChI is InChI=1S/C14H17N3O2S/c1-18-11-3-2-9-4-10(8-20-12-6-19-7-12)14(17-15)16-13(9)5-11/h2-5,12H,6-8,15H2,1H3,(H,16,17). The van der Waals surface area contributed by atoms with Gasteiger partial charge in [0.2, 0.25) is 0 Å². The molecule has 0 spiro atoms. The van der Waals surface area contributed by atoms with E-state index in [0.29, 0.717) is 5.25 Å². The summed E-state index contributed by atoms with van der Waals surface area (Å²) in [6.07, 6.45) is 0. The number of hydrogen-bond donors (Lipinski definition) is 2. The van der Waals surface area contributed by atoms with E-state index in [1.807, 2.05) is 30.0 Å². The number of fused-ring (bicyclic) bond motifs is 1. The molecule has 1 aromatic carbocycles. The molecule has 6 heteroatoms. The van der Waals surface area contributed by atoms with Crippen LogP contribution < -0.4 is 16.0 Å². The quantitative estimate of drug-likeness (QED) is 0.650. The molecule has 3 N–H and O–H groups in total. The minimum atomic E-state index is 0.590. The van der Waals surface area contributed by atoms with Crippen LogP contribution in [0.1, 0.15) is 5.56 Å². The van der Waals surface area contributed by atoms with E-state index in [1.54, 1.807) is 7.11 Å². The monoisotopic (exact) mass is 291 g/mol. The first kappa shape index (κ1) is 13.5. The lowest BCUT2D eigenvalue weighted by Crippen LogP contribution is -2.30. The van der Waals surface area contributed by atoms with Gasteiger partial charge in [0.25, 0.3) is 0 Å². The number of pyridine rings is 1. The highest BCUT2D eigenvalue weighted by Crippen LogP contribution is 2.29. The number of benzene rings is 1. The molecule has 0 saturated carbocycles. The number of nitrogens with one attached hydrogen (secondary N) is 1. The van der Waals surface area contributed by atoms with Crippen LogP contribution in [0.5, 0.6) is 5.75 Å². The molecule has 1 aliphatic rings. The fourth-order valence-corrected chi connectivity index (χ4v) is 3.09. The summed E-state index contributed by atoms with van der Waals surface area (Å²) in [7, 11) is 1.65. The Bertz CT molecular complexity index is 617. The van der Waals surface area contributed by atoms with E-state index in [0.717, 1.165) is 47.0 Å². The van der Waals surface area contributed by atoms with Gasteiger partial charge < -0.3 is 14.9 Å². The molecule has 2 heterocycles. The molecule has 0 bridgehead atoms. The molecular formula is C14H17N3O2S. The first-order valence-corrected chi connectivity index (χ1v) is 7.48. The number of anilines is 1. The lowest BCUT2D eigenvalue weighted by Gasteiger charge is -2.25. The van der Waals surface area contributed by atoms with E-state index in [-0.39, 0.29) is 0 Å². The Labute approximate surface area is 121 Å². The smallest absolute Gasteiger partial charge is 0.144 e. The first-order chi connectivity index (χ1) is 9.80. The van der Waals surface area contributed by atoms with Crippen LogP contribution >= 0.6 is 11.8 Å². The Morgan fingerprint density at radius 3 is 2.95 bits per heavy atom. The number of nitrogens with zero attached hydrogens (tertiary/aromatic N) is 1. The summed E-state index contributed by atoms with van der Waals surface area (Å²) < 4.78 is 10.4. The Morgan fingerprint density at radius 1 is 1.45 bits per heavy atom. The van der Waals surface area contributed by atoms with Crippen molar-refractivity contribution in [2.75, 3.05) is 25.7 Å². The zero-order chi connectivity index (χ0) is 13.9. The number of hydrogen-bond acceptors (Lipinski definition) is 6. The van der Waals surface area contributed by atoms with E-state index >= 15 is 0 Å². The highest BCUT2D eigenvalue weighted by atomic mass is 32.2. The molecule has 5 nitrogen and oxygen atoms in total. The molecule has 1 aliphatic heterocycles. The van der Waals surface area contributed by atoms with Gasteiger partial charge in [-0.25, -0.2) is 10.8 Å². The van der Waals surface area contributed by atoms with E-state index in [9.17, 15) is 0 Å². The maximum absolute atomic E-state index is 5.59. The second-order valence-electron chi connectivity index (χ2n) is 4.67. The SMILES string of the molecule is COc1ccc2cc(CSC3COC3)c(NN)nc2c1. The second kappa shape index (κ2) is 5.87. The summed E-state index contributed by atoms with van der Waals surface area (Å²) in [6.45, 7) is 1.68. The molecule has 3 rings (SSSR count). The molecule has 1 fully saturated rings. The molecular weight excluding hydrogens is 274 g/mol. The first-order valence-electron chi connectivity index (χ1n) is 6.44. The van der Waals surface area contributed by atoms with Gasteiger partial charge in [0.1, 0.15) is 11.6 Å². The Kier molecular flexibility index (Phi) is 3.95. The Hall–Kier alpha value is -1.50. The van der Waals surface area contributed by atoms with Gasteiger partial charge in [-0.1, -0.05) is 0 Å². The molecule has 20 heavy (non-hydrogen) atoms. The van der Waals surface area contributed by atoms with Crippen LogP contribution in [0.2, 0.25) is 0 Å². The van der Waals surface area contributed by atoms with Crippen LogP contribution in [-0.2, 0) is 10.5 Å². The third-order valence-corrected chi connectivity index (χ3v) is 4.54. The molecule has 1 aromatic heterocycles. The molecule has 0 amide bonds. The molecule has 106 valence electrons. The molecule has 0 unspecified atom stereocenters. The van der Waals surface area contributed by atoms with Crippen molar-refractivity contribution in [3.63, 3.8) is 0 Å². The number of thioether (sulfide) groups is 1. The zero-order valence-electron chi connectivity index (χ0n) is 11.3. The average molecular weight is 291 g/mol. The minimum Gasteiger partial charge on any atom is -0.497 e. The van der Waals surface area contributed by atoms with Gasteiger partial charge in [-0.3, -0.25) is 0 Å². The lowest BCUT2D eigenvalue weighted by atomic mass is 10.1. The van der Waals surface area contributed by atoms with Crippen LogP contribution in [-0.4, -0.2) is 30.6 Å². The van der Waals surface area contributed by atoms with Gasteiger partial charge in [0.15, 0.2) is 0 Å². The fraction of sp³-hybridized carbons (Fsp3) is 0.357. The number of nitrogens with two attached hydrogens (primary N) is 1.